The number of halogens is 1. The summed E-state index contributed by atoms with van der Waals surface area (Å²) in [5, 5.41) is 11.4. The predicted octanol–water partition coefficient (Wildman–Crippen LogP) is 0.936. The molecule has 0 aliphatic rings. The van der Waals surface area contributed by atoms with E-state index in [9.17, 15) is 9.18 Å². The minimum absolute atomic E-state index is 0.162. The molecule has 3 nitrogen and oxygen atoms in total. The molecule has 0 aromatic heterocycles. The van der Waals surface area contributed by atoms with Gasteiger partial charge in [0.25, 0.3) is 5.91 Å². The summed E-state index contributed by atoms with van der Waals surface area (Å²) in [6, 6.07) is 5.40. The molecular formula is C10H12FNO2. The Labute approximate surface area is 81.6 Å². The highest BCUT2D eigenvalue weighted by Gasteiger charge is 2.06. The fourth-order valence-corrected chi connectivity index (χ4v) is 0.972. The van der Waals surface area contributed by atoms with Gasteiger partial charge in [0.2, 0.25) is 0 Å². The number of benzene rings is 1. The summed E-state index contributed by atoms with van der Waals surface area (Å²) in [5.41, 5.74) is 0.255. The first kappa shape index (κ1) is 10.7. The molecule has 76 valence electrons. The molecule has 0 fully saturated rings. The monoisotopic (exact) mass is 197 g/mol. The SMILES string of the molecule is C[C@@H](O)CNC(=O)c1cccc(F)c1. The van der Waals surface area contributed by atoms with Crippen LogP contribution in [0.25, 0.3) is 0 Å². The number of carbonyl (C=O) groups excluding carboxylic acids is 1. The molecule has 0 unspecified atom stereocenters. The van der Waals surface area contributed by atoms with Gasteiger partial charge in [-0.3, -0.25) is 4.79 Å². The van der Waals surface area contributed by atoms with Gasteiger partial charge in [-0.15, -0.1) is 0 Å². The summed E-state index contributed by atoms with van der Waals surface area (Å²) in [4.78, 5) is 11.3. The molecule has 0 aliphatic carbocycles. The van der Waals surface area contributed by atoms with Crippen molar-refractivity contribution in [2.75, 3.05) is 6.54 Å². The van der Waals surface area contributed by atoms with Crippen molar-refractivity contribution < 1.29 is 14.3 Å². The molecule has 0 heterocycles. The van der Waals surface area contributed by atoms with Gasteiger partial charge in [-0.05, 0) is 25.1 Å². The number of rotatable bonds is 3. The van der Waals surface area contributed by atoms with Crippen LogP contribution in [0.2, 0.25) is 0 Å². The summed E-state index contributed by atoms with van der Waals surface area (Å²) in [5.74, 6) is -0.833. The number of amides is 1. The predicted molar refractivity (Wildman–Crippen MR) is 50.4 cm³/mol. The summed E-state index contributed by atoms with van der Waals surface area (Å²) in [7, 11) is 0. The standard InChI is InChI=1S/C10H12FNO2/c1-7(13)6-12-10(14)8-3-2-4-9(11)5-8/h2-5,7,13H,6H2,1H3,(H,12,14)/t7-/m1/s1. The maximum atomic E-state index is 12.7. The molecule has 4 heteroatoms. The van der Waals surface area contributed by atoms with Gasteiger partial charge in [0.05, 0.1) is 6.10 Å². The molecule has 0 radical (unpaired) electrons. The Balaban J connectivity index is 2.61. The second-order valence-electron chi connectivity index (χ2n) is 3.07. The largest absolute Gasteiger partial charge is 0.392 e. The third kappa shape index (κ3) is 3.14. The van der Waals surface area contributed by atoms with E-state index in [1.165, 1.54) is 18.2 Å². The summed E-state index contributed by atoms with van der Waals surface area (Å²) in [6.45, 7) is 1.72. The van der Waals surface area contributed by atoms with Crippen molar-refractivity contribution in [1.29, 1.82) is 0 Å². The van der Waals surface area contributed by atoms with Crippen LogP contribution in [-0.2, 0) is 0 Å². The Morgan fingerprint density at radius 3 is 2.93 bits per heavy atom. The quantitative estimate of drug-likeness (QED) is 0.757. The van der Waals surface area contributed by atoms with Crippen molar-refractivity contribution in [1.82, 2.24) is 5.32 Å². The first-order valence-corrected chi connectivity index (χ1v) is 4.31. The molecule has 1 amide bonds. The Kier molecular flexibility index (Phi) is 3.59. The van der Waals surface area contributed by atoms with Crippen molar-refractivity contribution in [3.63, 3.8) is 0 Å². The van der Waals surface area contributed by atoms with Gasteiger partial charge < -0.3 is 10.4 Å². The van der Waals surface area contributed by atoms with Gasteiger partial charge in [0.15, 0.2) is 0 Å². The van der Waals surface area contributed by atoms with Crippen LogP contribution in [0.4, 0.5) is 4.39 Å². The van der Waals surface area contributed by atoms with E-state index >= 15 is 0 Å². The first-order chi connectivity index (χ1) is 6.59. The van der Waals surface area contributed by atoms with Crippen molar-refractivity contribution >= 4 is 5.91 Å². The van der Waals surface area contributed by atoms with E-state index in [-0.39, 0.29) is 18.0 Å². The zero-order chi connectivity index (χ0) is 10.6. The fourth-order valence-electron chi connectivity index (χ4n) is 0.972. The van der Waals surface area contributed by atoms with Crippen LogP contribution in [0, 0.1) is 5.82 Å². The van der Waals surface area contributed by atoms with E-state index in [0.717, 1.165) is 6.07 Å². The number of aliphatic hydroxyl groups excluding tert-OH is 1. The zero-order valence-electron chi connectivity index (χ0n) is 7.83. The van der Waals surface area contributed by atoms with Crippen LogP contribution < -0.4 is 5.32 Å². The molecule has 1 rings (SSSR count). The highest BCUT2D eigenvalue weighted by Crippen LogP contribution is 2.02. The lowest BCUT2D eigenvalue weighted by atomic mass is 10.2. The van der Waals surface area contributed by atoms with Crippen LogP contribution in [-0.4, -0.2) is 23.7 Å². The number of hydrogen-bond acceptors (Lipinski definition) is 2. The first-order valence-electron chi connectivity index (χ1n) is 4.31. The molecule has 0 saturated heterocycles. The molecule has 0 spiro atoms. The Morgan fingerprint density at radius 2 is 2.36 bits per heavy atom. The van der Waals surface area contributed by atoms with Crippen LogP contribution in [0.1, 0.15) is 17.3 Å². The van der Waals surface area contributed by atoms with Crippen molar-refractivity contribution in [2.45, 2.75) is 13.0 Å². The van der Waals surface area contributed by atoms with Crippen LogP contribution in [0.15, 0.2) is 24.3 Å². The van der Waals surface area contributed by atoms with E-state index < -0.39 is 11.9 Å². The number of nitrogens with one attached hydrogen (secondary N) is 1. The number of hydrogen-bond donors (Lipinski definition) is 2. The second kappa shape index (κ2) is 4.72. The summed E-state index contributed by atoms with van der Waals surface area (Å²) in [6.07, 6.45) is -0.604. The van der Waals surface area contributed by atoms with Crippen LogP contribution in [0.5, 0.6) is 0 Å². The second-order valence-corrected chi connectivity index (χ2v) is 3.07. The highest BCUT2D eigenvalue weighted by molar-refractivity contribution is 5.94. The lowest BCUT2D eigenvalue weighted by Gasteiger charge is -2.06. The summed E-state index contributed by atoms with van der Waals surface area (Å²) >= 11 is 0. The zero-order valence-corrected chi connectivity index (χ0v) is 7.83. The average molecular weight is 197 g/mol. The highest BCUT2D eigenvalue weighted by atomic mass is 19.1. The van der Waals surface area contributed by atoms with Gasteiger partial charge in [-0.25, -0.2) is 4.39 Å². The van der Waals surface area contributed by atoms with Crippen molar-refractivity contribution in [3.8, 4) is 0 Å². The maximum absolute atomic E-state index is 12.7. The molecule has 0 aliphatic heterocycles. The molecule has 1 aromatic carbocycles. The van der Waals surface area contributed by atoms with Gasteiger partial charge >= 0.3 is 0 Å². The topological polar surface area (TPSA) is 49.3 Å². The molecule has 0 saturated carbocycles. The molecular weight excluding hydrogens is 185 g/mol. The van der Waals surface area contributed by atoms with E-state index in [1.807, 2.05) is 0 Å². The van der Waals surface area contributed by atoms with Gasteiger partial charge in [0.1, 0.15) is 5.82 Å². The van der Waals surface area contributed by atoms with Gasteiger partial charge in [0, 0.05) is 12.1 Å². The Morgan fingerprint density at radius 1 is 1.64 bits per heavy atom. The van der Waals surface area contributed by atoms with E-state index in [1.54, 1.807) is 6.92 Å². The van der Waals surface area contributed by atoms with Crippen molar-refractivity contribution in [2.24, 2.45) is 0 Å². The smallest absolute Gasteiger partial charge is 0.251 e. The Bertz CT molecular complexity index is 326. The third-order valence-corrected chi connectivity index (χ3v) is 1.64. The minimum atomic E-state index is -0.604. The third-order valence-electron chi connectivity index (χ3n) is 1.64. The number of aliphatic hydroxyl groups is 1. The lowest BCUT2D eigenvalue weighted by Crippen LogP contribution is -2.30. The van der Waals surface area contributed by atoms with E-state index in [4.69, 9.17) is 5.11 Å². The molecule has 1 atom stereocenters. The molecule has 2 N–H and O–H groups in total. The fraction of sp³-hybridized carbons (Fsp3) is 0.300. The van der Waals surface area contributed by atoms with Crippen LogP contribution >= 0.6 is 0 Å². The normalized spacial score (nSPS) is 12.2. The number of carbonyl (C=O) groups is 1. The van der Waals surface area contributed by atoms with E-state index in [2.05, 4.69) is 5.32 Å². The average Bonchev–Trinajstić information content (AvgIpc) is 2.14. The molecule has 1 aromatic rings. The Hall–Kier alpha value is -1.42. The maximum Gasteiger partial charge on any atom is 0.251 e. The minimum Gasteiger partial charge on any atom is -0.392 e. The van der Waals surface area contributed by atoms with Gasteiger partial charge in [-0.2, -0.15) is 0 Å². The molecule has 14 heavy (non-hydrogen) atoms. The van der Waals surface area contributed by atoms with Crippen molar-refractivity contribution in [3.05, 3.63) is 35.6 Å². The van der Waals surface area contributed by atoms with E-state index in [0.29, 0.717) is 0 Å². The van der Waals surface area contributed by atoms with Crippen LogP contribution in [0.3, 0.4) is 0 Å². The molecule has 0 bridgehead atoms. The summed E-state index contributed by atoms with van der Waals surface area (Å²) < 4.78 is 12.7. The lowest BCUT2D eigenvalue weighted by molar-refractivity contribution is 0.0923. The van der Waals surface area contributed by atoms with Gasteiger partial charge in [-0.1, -0.05) is 6.07 Å².